The van der Waals surface area contributed by atoms with Gasteiger partial charge in [0.05, 0.1) is 17.9 Å². The fourth-order valence-corrected chi connectivity index (χ4v) is 3.95. The third-order valence-corrected chi connectivity index (χ3v) is 5.67. The Morgan fingerprint density at radius 3 is 2.64 bits per heavy atom. The fraction of sp³-hybridized carbons (Fsp3) is 0.500. The van der Waals surface area contributed by atoms with Crippen molar-refractivity contribution in [1.29, 1.82) is 0 Å². The second-order valence-corrected chi connectivity index (χ2v) is 7.24. The zero-order chi connectivity index (χ0) is 16.2. The van der Waals surface area contributed by atoms with Crippen LogP contribution in [0.4, 0.5) is 5.69 Å². The number of aliphatic imine (C=N–C) groups is 1. The van der Waals surface area contributed by atoms with E-state index in [2.05, 4.69) is 4.99 Å². The number of halogens is 1. The number of alkyl halides is 1. The number of hydrogen-bond donors (Lipinski definition) is 1. The number of rotatable bonds is 5. The van der Waals surface area contributed by atoms with E-state index in [9.17, 15) is 8.42 Å². The molecule has 0 radical (unpaired) electrons. The number of methoxy groups -OCH3 is 1. The molecule has 0 amide bonds. The fourth-order valence-electron chi connectivity index (χ4n) is 2.36. The van der Waals surface area contributed by atoms with Crippen LogP contribution in [-0.2, 0) is 10.0 Å². The van der Waals surface area contributed by atoms with E-state index in [1.165, 1.54) is 23.5 Å². The first-order valence-corrected chi connectivity index (χ1v) is 9.03. The summed E-state index contributed by atoms with van der Waals surface area (Å²) < 4.78 is 32.0. The Morgan fingerprint density at radius 1 is 1.36 bits per heavy atom. The van der Waals surface area contributed by atoms with Gasteiger partial charge in [0.25, 0.3) is 0 Å². The van der Waals surface area contributed by atoms with E-state index in [0.717, 1.165) is 19.3 Å². The summed E-state index contributed by atoms with van der Waals surface area (Å²) in [4.78, 5) is 4.31. The highest BCUT2D eigenvalue weighted by molar-refractivity contribution is 7.89. The molecule has 2 rings (SSSR count). The van der Waals surface area contributed by atoms with Crippen molar-refractivity contribution in [1.82, 2.24) is 4.31 Å². The third-order valence-electron chi connectivity index (χ3n) is 3.50. The number of hydrogen-bond acceptors (Lipinski definition) is 4. The van der Waals surface area contributed by atoms with Crippen molar-refractivity contribution in [2.45, 2.75) is 24.2 Å². The van der Waals surface area contributed by atoms with Crippen LogP contribution in [0.5, 0.6) is 5.75 Å². The quantitative estimate of drug-likeness (QED) is 0.503. The van der Waals surface area contributed by atoms with Gasteiger partial charge in [-0.15, -0.1) is 11.6 Å². The lowest BCUT2D eigenvalue weighted by Crippen LogP contribution is -2.35. The van der Waals surface area contributed by atoms with Gasteiger partial charge in [0.2, 0.25) is 10.0 Å². The maximum absolute atomic E-state index is 12.7. The van der Waals surface area contributed by atoms with Crippen molar-refractivity contribution in [2.24, 2.45) is 10.7 Å². The van der Waals surface area contributed by atoms with Crippen molar-refractivity contribution in [3.05, 3.63) is 18.2 Å². The Morgan fingerprint density at radius 2 is 2.05 bits per heavy atom. The zero-order valence-electron chi connectivity index (χ0n) is 12.5. The van der Waals surface area contributed by atoms with Gasteiger partial charge in [0.1, 0.15) is 17.3 Å². The van der Waals surface area contributed by atoms with Crippen LogP contribution >= 0.6 is 11.6 Å². The third kappa shape index (κ3) is 3.71. The monoisotopic (exact) mass is 345 g/mol. The molecule has 122 valence electrons. The van der Waals surface area contributed by atoms with Crippen molar-refractivity contribution < 1.29 is 13.2 Å². The predicted molar refractivity (Wildman–Crippen MR) is 87.6 cm³/mol. The number of amidine groups is 1. The summed E-state index contributed by atoms with van der Waals surface area (Å²) in [5.74, 6) is 0.713. The summed E-state index contributed by atoms with van der Waals surface area (Å²) >= 11 is 5.63. The minimum Gasteiger partial charge on any atom is -0.494 e. The maximum Gasteiger partial charge on any atom is 0.243 e. The molecule has 1 aromatic carbocycles. The molecule has 0 spiro atoms. The number of nitrogens with zero attached hydrogens (tertiary/aromatic N) is 2. The van der Waals surface area contributed by atoms with Gasteiger partial charge >= 0.3 is 0 Å². The van der Waals surface area contributed by atoms with Gasteiger partial charge in [-0.3, -0.25) is 0 Å². The highest BCUT2D eigenvalue weighted by Gasteiger charge is 2.26. The number of piperidine rings is 1. The first-order valence-electron chi connectivity index (χ1n) is 7.06. The van der Waals surface area contributed by atoms with Crippen molar-refractivity contribution in [3.63, 3.8) is 0 Å². The average Bonchev–Trinajstić information content (AvgIpc) is 2.55. The lowest BCUT2D eigenvalue weighted by Gasteiger charge is -2.26. The van der Waals surface area contributed by atoms with Crippen LogP contribution < -0.4 is 10.5 Å². The highest BCUT2D eigenvalue weighted by atomic mass is 35.5. The Kier molecular flexibility index (Phi) is 5.66. The topological polar surface area (TPSA) is 85.0 Å². The molecule has 1 heterocycles. The Hall–Kier alpha value is -1.31. The molecule has 0 unspecified atom stereocenters. The zero-order valence-corrected chi connectivity index (χ0v) is 14.0. The molecule has 1 aliphatic rings. The van der Waals surface area contributed by atoms with Crippen LogP contribution in [0.1, 0.15) is 19.3 Å². The summed E-state index contributed by atoms with van der Waals surface area (Å²) in [7, 11) is -2.03. The van der Waals surface area contributed by atoms with Gasteiger partial charge < -0.3 is 10.5 Å². The van der Waals surface area contributed by atoms with Crippen LogP contribution in [0, 0.1) is 0 Å². The number of sulfonamides is 1. The molecular formula is C14H20ClN3O3S. The van der Waals surface area contributed by atoms with Gasteiger partial charge in [-0.25, -0.2) is 13.4 Å². The van der Waals surface area contributed by atoms with Crippen LogP contribution in [0.3, 0.4) is 0 Å². The van der Waals surface area contributed by atoms with E-state index in [4.69, 9.17) is 22.1 Å². The summed E-state index contributed by atoms with van der Waals surface area (Å²) in [5, 5.41) is 0. The number of nitrogens with two attached hydrogens (primary N) is 1. The summed E-state index contributed by atoms with van der Waals surface area (Å²) in [6.45, 7) is 1.10. The lowest BCUT2D eigenvalue weighted by molar-refractivity contribution is 0.346. The standard InChI is InChI=1S/C14H20ClN3O3S/c1-21-13-6-5-11(9-12(13)17-14(16)10-15)22(19,20)18-7-3-2-4-8-18/h5-6,9H,2-4,7-8,10H2,1H3,(H2,16,17). The SMILES string of the molecule is COc1ccc(S(=O)(=O)N2CCCCC2)cc1N=C(N)CCl. The van der Waals surface area contributed by atoms with Crippen molar-refractivity contribution in [2.75, 3.05) is 26.1 Å². The van der Waals surface area contributed by atoms with Gasteiger partial charge in [0.15, 0.2) is 0 Å². The maximum atomic E-state index is 12.7. The predicted octanol–water partition coefficient (Wildman–Crippen LogP) is 2.10. The van der Waals surface area contributed by atoms with Crippen LogP contribution in [0.25, 0.3) is 0 Å². The van der Waals surface area contributed by atoms with Crippen molar-refractivity contribution >= 4 is 33.1 Å². The molecule has 0 aromatic heterocycles. The Balaban J connectivity index is 2.41. The molecule has 8 heteroatoms. The Labute approximate surface area is 136 Å². The first kappa shape index (κ1) is 17.1. The highest BCUT2D eigenvalue weighted by Crippen LogP contribution is 2.32. The smallest absolute Gasteiger partial charge is 0.243 e. The van der Waals surface area contributed by atoms with Gasteiger partial charge in [0, 0.05) is 13.1 Å². The molecule has 0 atom stereocenters. The molecule has 22 heavy (non-hydrogen) atoms. The van der Waals surface area contributed by atoms with E-state index >= 15 is 0 Å². The molecule has 0 bridgehead atoms. The van der Waals surface area contributed by atoms with Crippen molar-refractivity contribution in [3.8, 4) is 5.75 Å². The van der Waals surface area contributed by atoms with E-state index in [1.54, 1.807) is 6.07 Å². The molecule has 1 aromatic rings. The molecule has 2 N–H and O–H groups in total. The molecule has 1 aliphatic heterocycles. The first-order chi connectivity index (χ1) is 10.5. The van der Waals surface area contributed by atoms with Gasteiger partial charge in [-0.1, -0.05) is 6.42 Å². The molecule has 0 saturated carbocycles. The second kappa shape index (κ2) is 7.30. The second-order valence-electron chi connectivity index (χ2n) is 5.04. The van der Waals surface area contributed by atoms with Crippen LogP contribution in [0.15, 0.2) is 28.1 Å². The molecule has 1 fully saturated rings. The summed E-state index contributed by atoms with van der Waals surface area (Å²) in [5.41, 5.74) is 5.99. The molecule has 1 saturated heterocycles. The summed E-state index contributed by atoms with van der Waals surface area (Å²) in [6, 6.07) is 4.58. The normalized spacial score (nSPS) is 17.5. The molecule has 0 aliphatic carbocycles. The largest absolute Gasteiger partial charge is 0.494 e. The van der Waals surface area contributed by atoms with E-state index < -0.39 is 10.0 Å². The van der Waals surface area contributed by atoms with E-state index in [1.807, 2.05) is 0 Å². The van der Waals surface area contributed by atoms with Crippen LogP contribution in [0.2, 0.25) is 0 Å². The van der Waals surface area contributed by atoms with Gasteiger partial charge in [-0.05, 0) is 31.0 Å². The minimum absolute atomic E-state index is 0.0618. The molecular weight excluding hydrogens is 326 g/mol. The number of benzene rings is 1. The lowest BCUT2D eigenvalue weighted by atomic mass is 10.2. The van der Waals surface area contributed by atoms with E-state index in [-0.39, 0.29) is 16.6 Å². The van der Waals surface area contributed by atoms with E-state index in [0.29, 0.717) is 24.5 Å². The average molecular weight is 346 g/mol. The Bertz CT molecular complexity index is 655. The minimum atomic E-state index is -3.52. The van der Waals surface area contributed by atoms with Gasteiger partial charge in [-0.2, -0.15) is 4.31 Å². The number of ether oxygens (including phenoxy) is 1. The molecule has 6 nitrogen and oxygen atoms in total. The van der Waals surface area contributed by atoms with Crippen LogP contribution in [-0.4, -0.2) is 44.6 Å². The summed E-state index contributed by atoms with van der Waals surface area (Å²) in [6.07, 6.45) is 2.84.